The van der Waals surface area contributed by atoms with Gasteiger partial charge in [0.15, 0.2) is 11.5 Å². The Bertz CT molecular complexity index is 2240. The fourth-order valence-corrected chi connectivity index (χ4v) is 7.86. The number of rotatable bonds is 8. The Labute approximate surface area is 302 Å². The third kappa shape index (κ3) is 7.32. The van der Waals surface area contributed by atoms with Crippen LogP contribution in [-0.4, -0.2) is 58.0 Å². The number of carbonyl (C=O) groups excluding carboxylic acids is 1. The summed E-state index contributed by atoms with van der Waals surface area (Å²) in [5.74, 6) is 0.243. The Hall–Kier alpha value is -5.41. The van der Waals surface area contributed by atoms with Crippen molar-refractivity contribution in [2.75, 3.05) is 26.3 Å². The van der Waals surface area contributed by atoms with Gasteiger partial charge < -0.3 is 14.6 Å². The molecule has 0 spiro atoms. The number of aromatic carboxylic acids is 1. The second kappa shape index (κ2) is 15.5. The molecule has 1 N–H and O–H groups in total. The highest BCUT2D eigenvalue weighted by Gasteiger charge is 2.34. The lowest BCUT2D eigenvalue weighted by Crippen LogP contribution is -2.36. The fraction of sp³-hybridized carbons (Fsp3) is 0.302. The predicted octanol–water partition coefficient (Wildman–Crippen LogP) is 8.77. The second-order valence-electron chi connectivity index (χ2n) is 13.5. The summed E-state index contributed by atoms with van der Waals surface area (Å²) >= 11 is 0. The number of piperidine rings is 1. The van der Waals surface area contributed by atoms with Gasteiger partial charge in [-0.25, -0.2) is 4.79 Å². The van der Waals surface area contributed by atoms with E-state index in [9.17, 15) is 14.0 Å². The minimum atomic E-state index is -0.951. The fourth-order valence-electron chi connectivity index (χ4n) is 7.86. The zero-order valence-corrected chi connectivity index (χ0v) is 29.5. The predicted molar refractivity (Wildman–Crippen MR) is 201 cm³/mol. The molecule has 266 valence electrons. The number of ketones is 1. The van der Waals surface area contributed by atoms with Crippen molar-refractivity contribution in [2.45, 2.75) is 52.0 Å². The van der Waals surface area contributed by atoms with Crippen LogP contribution in [0.5, 0.6) is 11.5 Å². The third-order valence-electron chi connectivity index (χ3n) is 10.3. The number of nitrogens with zero attached hydrogens (tertiary/aromatic N) is 3. The number of carbonyl (C=O) groups is 2. The summed E-state index contributed by atoms with van der Waals surface area (Å²) < 4.78 is 25.8. The molecule has 1 fully saturated rings. The van der Waals surface area contributed by atoms with Gasteiger partial charge in [-0.1, -0.05) is 48.5 Å². The molecule has 2 aliphatic rings. The highest BCUT2D eigenvalue weighted by Crippen LogP contribution is 2.43. The maximum Gasteiger partial charge on any atom is 0.335 e. The lowest BCUT2D eigenvalue weighted by Gasteiger charge is -2.38. The summed E-state index contributed by atoms with van der Waals surface area (Å²) in [6, 6.07) is 25.7. The molecule has 0 amide bonds. The Kier molecular flexibility index (Phi) is 10.4. The van der Waals surface area contributed by atoms with E-state index in [1.54, 1.807) is 24.4 Å². The van der Waals surface area contributed by atoms with Crippen LogP contribution in [0.25, 0.3) is 32.6 Å². The normalized spacial score (nSPS) is 16.4. The Morgan fingerprint density at radius 1 is 0.846 bits per heavy atom. The van der Waals surface area contributed by atoms with E-state index >= 15 is 0 Å². The van der Waals surface area contributed by atoms with E-state index in [4.69, 9.17) is 14.6 Å². The van der Waals surface area contributed by atoms with Crippen LogP contribution in [0.15, 0.2) is 91.3 Å². The minimum absolute atomic E-state index is 0.230. The quantitative estimate of drug-likeness (QED) is 0.157. The number of halogens is 1. The van der Waals surface area contributed by atoms with Gasteiger partial charge in [0.05, 0.1) is 29.8 Å². The van der Waals surface area contributed by atoms with Gasteiger partial charge in [0, 0.05) is 31.8 Å². The number of hydrogen-bond donors (Lipinski definition) is 1. The maximum absolute atomic E-state index is 14.7. The molecule has 6 aromatic rings. The van der Waals surface area contributed by atoms with Crippen molar-refractivity contribution in [3.63, 3.8) is 0 Å². The maximum atomic E-state index is 14.7. The van der Waals surface area contributed by atoms with Crippen LogP contribution in [0, 0.1) is 11.7 Å². The molecular formula is C43H42FN3O5. The average Bonchev–Trinajstić information content (AvgIpc) is 3.16. The van der Waals surface area contributed by atoms with Gasteiger partial charge in [-0.05, 0) is 120 Å². The summed E-state index contributed by atoms with van der Waals surface area (Å²) in [7, 11) is 0. The average molecular weight is 700 g/mol. The van der Waals surface area contributed by atoms with Crippen LogP contribution in [-0.2, 0) is 17.8 Å². The monoisotopic (exact) mass is 699 g/mol. The first kappa shape index (κ1) is 35.0. The van der Waals surface area contributed by atoms with E-state index in [2.05, 4.69) is 63.4 Å². The molecule has 1 atom stereocenters. The molecule has 8 nitrogen and oxygen atoms in total. The number of Topliss-reactive ketones (excluding diaryl/α,β-unsaturated/α-hetero) is 1. The van der Waals surface area contributed by atoms with Crippen LogP contribution >= 0.6 is 0 Å². The molecule has 1 aliphatic heterocycles. The van der Waals surface area contributed by atoms with Crippen molar-refractivity contribution in [3.05, 3.63) is 119 Å². The van der Waals surface area contributed by atoms with Gasteiger partial charge >= 0.3 is 5.97 Å². The van der Waals surface area contributed by atoms with E-state index in [1.165, 1.54) is 51.0 Å². The zero-order chi connectivity index (χ0) is 36.2. The number of benzene rings is 5. The largest absolute Gasteiger partial charge is 0.491 e. The van der Waals surface area contributed by atoms with Crippen molar-refractivity contribution < 1.29 is 28.6 Å². The van der Waals surface area contributed by atoms with E-state index in [0.29, 0.717) is 48.8 Å². The SMILES string of the molecule is CCOc1cc(CN2CCC(C3CC(=O)Cc4c3ccc3c4ccc4ccccc43)CC2)cc(OCC)c1F.O=C(O)c1ccc2nccnc2c1. The molecule has 0 radical (unpaired) electrons. The first-order valence-corrected chi connectivity index (χ1v) is 18.0. The van der Waals surface area contributed by atoms with Gasteiger partial charge in [-0.15, -0.1) is 0 Å². The lowest BCUT2D eigenvalue weighted by atomic mass is 9.71. The summed E-state index contributed by atoms with van der Waals surface area (Å²) in [4.78, 5) is 34.1. The van der Waals surface area contributed by atoms with Crippen LogP contribution in [0.3, 0.4) is 0 Å². The van der Waals surface area contributed by atoms with Gasteiger partial charge in [0.1, 0.15) is 5.78 Å². The van der Waals surface area contributed by atoms with Crippen molar-refractivity contribution in [1.82, 2.24) is 14.9 Å². The number of ether oxygens (including phenoxy) is 2. The Morgan fingerprint density at radius 2 is 1.54 bits per heavy atom. The third-order valence-corrected chi connectivity index (χ3v) is 10.3. The molecular weight excluding hydrogens is 657 g/mol. The van der Waals surface area contributed by atoms with E-state index in [0.717, 1.165) is 38.0 Å². The number of carboxylic acid groups (broad SMARTS) is 1. The molecule has 2 heterocycles. The van der Waals surface area contributed by atoms with Crippen molar-refractivity contribution in [2.24, 2.45) is 5.92 Å². The topological polar surface area (TPSA) is 102 Å². The molecule has 1 saturated heterocycles. The molecule has 52 heavy (non-hydrogen) atoms. The molecule has 9 heteroatoms. The number of likely N-dealkylation sites (tertiary alicyclic amines) is 1. The zero-order valence-electron chi connectivity index (χ0n) is 29.5. The van der Waals surface area contributed by atoms with E-state index in [-0.39, 0.29) is 23.0 Å². The highest BCUT2D eigenvalue weighted by molar-refractivity contribution is 6.09. The van der Waals surface area contributed by atoms with E-state index in [1.807, 2.05) is 13.8 Å². The van der Waals surface area contributed by atoms with Crippen LogP contribution in [0.1, 0.15) is 66.1 Å². The number of aromatic nitrogens is 2. The summed E-state index contributed by atoms with van der Waals surface area (Å²) in [5.41, 5.74) is 5.14. The minimum Gasteiger partial charge on any atom is -0.491 e. The molecule has 8 rings (SSSR count). The number of fused-ring (bicyclic) bond motifs is 6. The van der Waals surface area contributed by atoms with Crippen LogP contribution < -0.4 is 9.47 Å². The van der Waals surface area contributed by atoms with Gasteiger partial charge in [-0.2, -0.15) is 4.39 Å². The molecule has 1 unspecified atom stereocenters. The number of carboxylic acids is 1. The molecule has 0 saturated carbocycles. The van der Waals surface area contributed by atoms with E-state index < -0.39 is 11.8 Å². The summed E-state index contributed by atoms with van der Waals surface area (Å²) in [5, 5.41) is 13.7. The highest BCUT2D eigenvalue weighted by atomic mass is 19.1. The van der Waals surface area contributed by atoms with Gasteiger partial charge in [0.25, 0.3) is 0 Å². The first-order chi connectivity index (χ1) is 25.3. The Balaban J connectivity index is 0.000000271. The summed E-state index contributed by atoms with van der Waals surface area (Å²) in [6.45, 7) is 7.16. The first-order valence-electron chi connectivity index (χ1n) is 18.0. The van der Waals surface area contributed by atoms with Crippen LogP contribution in [0.4, 0.5) is 4.39 Å². The molecule has 0 bridgehead atoms. The smallest absolute Gasteiger partial charge is 0.335 e. The van der Waals surface area contributed by atoms with Gasteiger partial charge in [0.2, 0.25) is 5.82 Å². The second-order valence-corrected chi connectivity index (χ2v) is 13.5. The van der Waals surface area contributed by atoms with Crippen molar-refractivity contribution >= 4 is 44.3 Å². The molecule has 5 aromatic carbocycles. The molecule has 1 aromatic heterocycles. The van der Waals surface area contributed by atoms with Crippen molar-refractivity contribution in [1.29, 1.82) is 0 Å². The Morgan fingerprint density at radius 3 is 2.25 bits per heavy atom. The van der Waals surface area contributed by atoms with Crippen LogP contribution in [0.2, 0.25) is 0 Å². The van der Waals surface area contributed by atoms with Gasteiger partial charge in [-0.3, -0.25) is 19.7 Å². The summed E-state index contributed by atoms with van der Waals surface area (Å²) in [6.07, 6.45) is 6.38. The number of hydrogen-bond acceptors (Lipinski definition) is 7. The standard InChI is InChI=1S/C34H36FNO3.C9H6N2O2/c1-3-38-32-17-22(18-33(34(32)35)39-4-2)21-36-15-13-24(14-16-36)30-19-25(37)20-31-28-10-9-23-7-5-6-8-26(23)27(28)11-12-29(30)31;12-9(13)6-1-2-7-8(5-6)11-4-3-10-7/h5-12,17-18,24,30H,3-4,13-16,19-21H2,1-2H3;1-5H,(H,12,13). The molecule has 1 aliphatic carbocycles. The lowest BCUT2D eigenvalue weighted by molar-refractivity contribution is -0.119. The van der Waals surface area contributed by atoms with Crippen molar-refractivity contribution in [3.8, 4) is 11.5 Å².